The molecule has 10 heteroatoms. The van der Waals surface area contributed by atoms with Crippen molar-refractivity contribution in [2.24, 2.45) is 0 Å². The molecule has 0 aliphatic heterocycles. The van der Waals surface area contributed by atoms with Crippen LogP contribution in [0.4, 0.5) is 5.69 Å². The summed E-state index contributed by atoms with van der Waals surface area (Å²) in [6.07, 6.45) is 0. The van der Waals surface area contributed by atoms with Gasteiger partial charge < -0.3 is 19.7 Å². The van der Waals surface area contributed by atoms with E-state index < -0.39 is 28.5 Å². The summed E-state index contributed by atoms with van der Waals surface area (Å²) in [4.78, 5) is 28.1. The van der Waals surface area contributed by atoms with Crippen LogP contribution < -0.4 is 19.1 Å². The summed E-state index contributed by atoms with van der Waals surface area (Å²) < 4.78 is 39.5. The molecule has 0 bridgehead atoms. The van der Waals surface area contributed by atoms with Crippen LogP contribution in [0.5, 0.6) is 11.5 Å². The Labute approximate surface area is 230 Å². The van der Waals surface area contributed by atoms with Gasteiger partial charge >= 0.3 is 0 Å². The standard InChI is InChI=1S/C29H35N3O6S/c1-6-30-29(34)22(3)31(19-23-13-11-21(2)12-14-23)28(33)20-32(26-9-7-8-10-27(26)38-5)39(35,36)25-17-15-24(37-4)16-18-25/h7-18,22H,6,19-20H2,1-5H3,(H,30,34)/t22-/m1/s1. The molecule has 2 amide bonds. The van der Waals surface area contributed by atoms with Gasteiger partial charge in [-0.2, -0.15) is 0 Å². The number of rotatable bonds is 12. The summed E-state index contributed by atoms with van der Waals surface area (Å²) in [6.45, 7) is 5.35. The van der Waals surface area contributed by atoms with Crippen molar-refractivity contribution in [2.75, 3.05) is 31.6 Å². The first-order valence-corrected chi connectivity index (χ1v) is 14.0. The molecular weight excluding hydrogens is 518 g/mol. The van der Waals surface area contributed by atoms with Crippen LogP contribution in [0.15, 0.2) is 77.7 Å². The van der Waals surface area contributed by atoms with Crippen molar-refractivity contribution in [2.45, 2.75) is 38.3 Å². The maximum Gasteiger partial charge on any atom is 0.264 e. The Bertz CT molecular complexity index is 1370. The lowest BCUT2D eigenvalue weighted by molar-refractivity contribution is -0.139. The highest BCUT2D eigenvalue weighted by Crippen LogP contribution is 2.33. The Morgan fingerprint density at radius 2 is 1.56 bits per heavy atom. The van der Waals surface area contributed by atoms with E-state index in [-0.39, 0.29) is 28.8 Å². The number of methoxy groups -OCH3 is 2. The molecule has 0 spiro atoms. The number of hydrogen-bond acceptors (Lipinski definition) is 6. The van der Waals surface area contributed by atoms with Gasteiger partial charge in [0, 0.05) is 13.1 Å². The van der Waals surface area contributed by atoms with Crippen molar-refractivity contribution in [1.29, 1.82) is 0 Å². The number of amides is 2. The SMILES string of the molecule is CCNC(=O)[C@@H](C)N(Cc1ccc(C)cc1)C(=O)CN(c1ccccc1OC)S(=O)(=O)c1ccc(OC)cc1. The van der Waals surface area contributed by atoms with E-state index >= 15 is 0 Å². The number of likely N-dealkylation sites (N-methyl/N-ethyl adjacent to an activating group) is 1. The lowest BCUT2D eigenvalue weighted by Gasteiger charge is -2.32. The fourth-order valence-corrected chi connectivity index (χ4v) is 5.44. The average Bonchev–Trinajstić information content (AvgIpc) is 2.95. The predicted molar refractivity (Wildman–Crippen MR) is 150 cm³/mol. The Kier molecular flexibility index (Phi) is 9.95. The third-order valence-corrected chi connectivity index (χ3v) is 8.05. The number of anilines is 1. The molecule has 39 heavy (non-hydrogen) atoms. The number of nitrogens with one attached hydrogen (secondary N) is 1. The van der Waals surface area contributed by atoms with Crippen molar-refractivity contribution < 1.29 is 27.5 Å². The molecule has 0 radical (unpaired) electrons. The second-order valence-corrected chi connectivity index (χ2v) is 10.8. The molecule has 3 aromatic carbocycles. The first kappa shape index (κ1) is 29.5. The number of benzene rings is 3. The molecule has 0 saturated heterocycles. The zero-order chi connectivity index (χ0) is 28.6. The van der Waals surface area contributed by atoms with E-state index in [0.29, 0.717) is 12.3 Å². The molecule has 0 aliphatic rings. The van der Waals surface area contributed by atoms with Gasteiger partial charge in [-0.3, -0.25) is 13.9 Å². The maximum atomic E-state index is 13.9. The van der Waals surface area contributed by atoms with Gasteiger partial charge in [-0.25, -0.2) is 8.42 Å². The number of nitrogens with zero attached hydrogens (tertiary/aromatic N) is 2. The summed E-state index contributed by atoms with van der Waals surface area (Å²) in [7, 11) is -1.31. The third-order valence-electron chi connectivity index (χ3n) is 6.27. The minimum Gasteiger partial charge on any atom is -0.497 e. The molecule has 3 aromatic rings. The third kappa shape index (κ3) is 7.08. The number of hydrogen-bond donors (Lipinski definition) is 1. The maximum absolute atomic E-state index is 13.9. The normalized spacial score (nSPS) is 11.8. The Hall–Kier alpha value is -4.05. The molecule has 9 nitrogen and oxygen atoms in total. The Morgan fingerprint density at radius 1 is 0.923 bits per heavy atom. The van der Waals surface area contributed by atoms with Gasteiger partial charge in [0.1, 0.15) is 24.1 Å². The van der Waals surface area contributed by atoms with Crippen molar-refractivity contribution in [3.63, 3.8) is 0 Å². The zero-order valence-electron chi connectivity index (χ0n) is 22.9. The van der Waals surface area contributed by atoms with E-state index in [4.69, 9.17) is 9.47 Å². The molecule has 0 aromatic heterocycles. The van der Waals surface area contributed by atoms with Crippen LogP contribution in [0, 0.1) is 6.92 Å². The van der Waals surface area contributed by atoms with Crippen molar-refractivity contribution in [3.05, 3.63) is 83.9 Å². The number of carbonyl (C=O) groups excluding carboxylic acids is 2. The first-order valence-electron chi connectivity index (χ1n) is 12.5. The van der Waals surface area contributed by atoms with Crippen LogP contribution in [-0.2, 0) is 26.2 Å². The summed E-state index contributed by atoms with van der Waals surface area (Å²) in [5.74, 6) is -0.102. The van der Waals surface area contributed by atoms with E-state index in [9.17, 15) is 18.0 Å². The lowest BCUT2D eigenvalue weighted by atomic mass is 10.1. The van der Waals surface area contributed by atoms with Gasteiger partial charge in [-0.15, -0.1) is 0 Å². The van der Waals surface area contributed by atoms with Crippen molar-refractivity contribution in [1.82, 2.24) is 10.2 Å². The summed E-state index contributed by atoms with van der Waals surface area (Å²) in [6, 6.07) is 19.2. The highest BCUT2D eigenvalue weighted by atomic mass is 32.2. The van der Waals surface area contributed by atoms with E-state index in [0.717, 1.165) is 15.4 Å². The second-order valence-electron chi connectivity index (χ2n) is 8.94. The number of para-hydroxylation sites is 2. The monoisotopic (exact) mass is 553 g/mol. The molecule has 0 unspecified atom stereocenters. The van der Waals surface area contributed by atoms with E-state index in [1.165, 1.54) is 43.4 Å². The van der Waals surface area contributed by atoms with E-state index in [1.54, 1.807) is 38.1 Å². The van der Waals surface area contributed by atoms with Gasteiger partial charge in [0.15, 0.2) is 0 Å². The van der Waals surface area contributed by atoms with E-state index in [1.807, 2.05) is 31.2 Å². The van der Waals surface area contributed by atoms with Gasteiger partial charge in [0.2, 0.25) is 11.8 Å². The molecule has 0 heterocycles. The summed E-state index contributed by atoms with van der Waals surface area (Å²) in [5, 5.41) is 2.75. The lowest BCUT2D eigenvalue weighted by Crippen LogP contribution is -2.51. The average molecular weight is 554 g/mol. The highest BCUT2D eigenvalue weighted by molar-refractivity contribution is 7.92. The largest absolute Gasteiger partial charge is 0.497 e. The van der Waals surface area contributed by atoms with Crippen LogP contribution in [0.3, 0.4) is 0 Å². The number of ether oxygens (including phenoxy) is 2. The van der Waals surface area contributed by atoms with Gasteiger partial charge in [0.25, 0.3) is 10.0 Å². The smallest absolute Gasteiger partial charge is 0.264 e. The van der Waals surface area contributed by atoms with E-state index in [2.05, 4.69) is 5.32 Å². The summed E-state index contributed by atoms with van der Waals surface area (Å²) >= 11 is 0. The fourth-order valence-electron chi connectivity index (χ4n) is 4.02. The first-order chi connectivity index (χ1) is 18.6. The fraction of sp³-hybridized carbons (Fsp3) is 0.310. The molecule has 1 N–H and O–H groups in total. The zero-order valence-corrected chi connectivity index (χ0v) is 23.7. The van der Waals surface area contributed by atoms with Gasteiger partial charge in [-0.05, 0) is 62.7 Å². The number of carbonyl (C=O) groups is 2. The summed E-state index contributed by atoms with van der Waals surface area (Å²) in [5.41, 5.74) is 2.07. The molecule has 3 rings (SSSR count). The van der Waals surface area contributed by atoms with Crippen molar-refractivity contribution >= 4 is 27.5 Å². The Morgan fingerprint density at radius 3 is 2.15 bits per heavy atom. The van der Waals surface area contributed by atoms with Crippen LogP contribution in [0.2, 0.25) is 0 Å². The van der Waals surface area contributed by atoms with Crippen LogP contribution in [0.25, 0.3) is 0 Å². The second kappa shape index (κ2) is 13.1. The van der Waals surface area contributed by atoms with Crippen LogP contribution >= 0.6 is 0 Å². The number of aryl methyl sites for hydroxylation is 1. The van der Waals surface area contributed by atoms with Crippen LogP contribution in [0.1, 0.15) is 25.0 Å². The molecule has 0 saturated carbocycles. The van der Waals surface area contributed by atoms with Gasteiger partial charge in [-0.1, -0.05) is 42.0 Å². The molecule has 0 aliphatic carbocycles. The topological polar surface area (TPSA) is 105 Å². The molecule has 208 valence electrons. The van der Waals surface area contributed by atoms with Crippen LogP contribution in [-0.4, -0.2) is 58.5 Å². The Balaban J connectivity index is 2.06. The molecular formula is C29H35N3O6S. The predicted octanol–water partition coefficient (Wildman–Crippen LogP) is 3.76. The van der Waals surface area contributed by atoms with Crippen molar-refractivity contribution in [3.8, 4) is 11.5 Å². The minimum absolute atomic E-state index is 0.0242. The quantitative estimate of drug-likeness (QED) is 0.366. The van der Waals surface area contributed by atoms with Gasteiger partial charge in [0.05, 0.1) is 24.8 Å². The minimum atomic E-state index is -4.23. The molecule has 0 fully saturated rings. The highest BCUT2D eigenvalue weighted by Gasteiger charge is 2.33. The number of sulfonamides is 1. The molecule has 1 atom stereocenters.